The van der Waals surface area contributed by atoms with Crippen LogP contribution >= 0.6 is 0 Å². The fraction of sp³-hybridized carbons (Fsp3) is 0.923. The Morgan fingerprint density at radius 2 is 2.00 bits per heavy atom. The average Bonchev–Trinajstić information content (AvgIpc) is 2.39. The minimum Gasteiger partial charge on any atom is -0.383 e. The first-order valence-corrected chi connectivity index (χ1v) is 6.75. The second kappa shape index (κ2) is 7.54. The first kappa shape index (κ1) is 14.3. The van der Waals surface area contributed by atoms with Crippen LogP contribution in [0, 0.1) is 0 Å². The predicted molar refractivity (Wildman–Crippen MR) is 69.2 cm³/mol. The zero-order chi connectivity index (χ0) is 12.7. The smallest absolute Gasteiger partial charge is 0.320 e. The van der Waals surface area contributed by atoms with Crippen molar-refractivity contribution in [3.63, 3.8) is 0 Å². The number of hydrogen-bond donors (Lipinski definition) is 0. The van der Waals surface area contributed by atoms with Crippen molar-refractivity contribution in [1.29, 1.82) is 0 Å². The van der Waals surface area contributed by atoms with Gasteiger partial charge in [-0.05, 0) is 32.6 Å². The first-order chi connectivity index (χ1) is 8.20. The van der Waals surface area contributed by atoms with E-state index in [1.165, 1.54) is 6.42 Å². The van der Waals surface area contributed by atoms with Gasteiger partial charge in [0.2, 0.25) is 0 Å². The van der Waals surface area contributed by atoms with Crippen LogP contribution in [0.2, 0.25) is 0 Å². The summed E-state index contributed by atoms with van der Waals surface area (Å²) in [6.07, 6.45) is 4.53. The van der Waals surface area contributed by atoms with Gasteiger partial charge in [0.25, 0.3) is 0 Å². The van der Waals surface area contributed by atoms with E-state index in [9.17, 15) is 4.79 Å². The van der Waals surface area contributed by atoms with Crippen LogP contribution < -0.4 is 0 Å². The Morgan fingerprint density at radius 3 is 2.53 bits per heavy atom. The minimum atomic E-state index is 0.191. The highest BCUT2D eigenvalue weighted by molar-refractivity contribution is 5.74. The lowest BCUT2D eigenvalue weighted by Crippen LogP contribution is -2.49. The van der Waals surface area contributed by atoms with Crippen LogP contribution in [0.3, 0.4) is 0 Å². The van der Waals surface area contributed by atoms with Crippen LogP contribution in [0.4, 0.5) is 4.79 Å². The predicted octanol–water partition coefficient (Wildman–Crippen LogP) is 2.34. The number of hydrogen-bond acceptors (Lipinski definition) is 2. The molecule has 1 saturated heterocycles. The summed E-state index contributed by atoms with van der Waals surface area (Å²) < 4.78 is 5.09. The molecular weight excluding hydrogens is 216 g/mol. The number of amides is 2. The number of methoxy groups -OCH3 is 1. The Bertz CT molecular complexity index is 227. The Morgan fingerprint density at radius 1 is 1.35 bits per heavy atom. The third-order valence-corrected chi connectivity index (χ3v) is 3.53. The highest BCUT2D eigenvalue weighted by Crippen LogP contribution is 2.14. The normalized spacial score (nSPS) is 17.9. The molecule has 2 amide bonds. The van der Waals surface area contributed by atoms with E-state index in [2.05, 4.69) is 13.8 Å². The fourth-order valence-corrected chi connectivity index (χ4v) is 2.18. The van der Waals surface area contributed by atoms with Gasteiger partial charge in [-0.1, -0.05) is 6.92 Å². The van der Waals surface area contributed by atoms with E-state index in [1.54, 1.807) is 7.11 Å². The maximum Gasteiger partial charge on any atom is 0.320 e. The molecule has 1 aliphatic rings. The molecule has 17 heavy (non-hydrogen) atoms. The lowest BCUT2D eigenvalue weighted by molar-refractivity contribution is 0.102. The number of carbonyl (C=O) groups is 1. The van der Waals surface area contributed by atoms with Gasteiger partial charge in [-0.15, -0.1) is 0 Å². The summed E-state index contributed by atoms with van der Waals surface area (Å²) in [5.41, 5.74) is 0. The van der Waals surface area contributed by atoms with Crippen LogP contribution in [-0.2, 0) is 4.74 Å². The van der Waals surface area contributed by atoms with E-state index < -0.39 is 0 Å². The number of ether oxygens (including phenoxy) is 1. The van der Waals surface area contributed by atoms with Crippen LogP contribution in [0.15, 0.2) is 0 Å². The standard InChI is InChI=1S/C13H26N2O2/c1-4-12(2)15(10-11-17-3)13(16)14-8-6-5-7-9-14/h12H,4-11H2,1-3H3. The molecule has 0 spiro atoms. The van der Waals surface area contributed by atoms with E-state index in [0.717, 1.165) is 32.4 Å². The first-order valence-electron chi connectivity index (χ1n) is 6.75. The SMILES string of the molecule is CCC(C)N(CCOC)C(=O)N1CCCCC1. The quantitative estimate of drug-likeness (QED) is 0.741. The summed E-state index contributed by atoms with van der Waals surface area (Å²) in [6.45, 7) is 7.37. The van der Waals surface area contributed by atoms with Crippen LogP contribution in [0.1, 0.15) is 39.5 Å². The fourth-order valence-electron chi connectivity index (χ4n) is 2.18. The molecule has 1 aliphatic heterocycles. The largest absolute Gasteiger partial charge is 0.383 e. The topological polar surface area (TPSA) is 32.8 Å². The van der Waals surface area contributed by atoms with E-state index in [0.29, 0.717) is 19.2 Å². The van der Waals surface area contributed by atoms with Gasteiger partial charge in [-0.25, -0.2) is 4.79 Å². The Hall–Kier alpha value is -0.770. The Balaban J connectivity index is 2.56. The summed E-state index contributed by atoms with van der Waals surface area (Å²) in [6, 6.07) is 0.482. The van der Waals surface area contributed by atoms with Gasteiger partial charge < -0.3 is 14.5 Å². The van der Waals surface area contributed by atoms with Gasteiger partial charge in [0.15, 0.2) is 0 Å². The number of rotatable bonds is 5. The molecule has 4 heteroatoms. The van der Waals surface area contributed by atoms with Gasteiger partial charge in [-0.3, -0.25) is 0 Å². The lowest BCUT2D eigenvalue weighted by Gasteiger charge is -2.36. The molecule has 0 aromatic rings. The summed E-state index contributed by atoms with van der Waals surface area (Å²) in [5, 5.41) is 0. The number of likely N-dealkylation sites (tertiary alicyclic amines) is 1. The number of urea groups is 1. The van der Waals surface area contributed by atoms with Crippen molar-refractivity contribution in [2.45, 2.75) is 45.6 Å². The molecule has 1 atom stereocenters. The zero-order valence-electron chi connectivity index (χ0n) is 11.4. The molecule has 0 aliphatic carbocycles. The van der Waals surface area contributed by atoms with E-state index >= 15 is 0 Å². The van der Waals surface area contributed by atoms with Crippen molar-refractivity contribution < 1.29 is 9.53 Å². The molecule has 0 bridgehead atoms. The number of nitrogens with zero attached hydrogens (tertiary/aromatic N) is 2. The van der Waals surface area contributed by atoms with Crippen molar-refractivity contribution in [2.75, 3.05) is 33.4 Å². The zero-order valence-corrected chi connectivity index (χ0v) is 11.4. The van der Waals surface area contributed by atoms with Crippen molar-refractivity contribution in [2.24, 2.45) is 0 Å². The molecule has 1 unspecified atom stereocenters. The highest BCUT2D eigenvalue weighted by Gasteiger charge is 2.25. The van der Waals surface area contributed by atoms with Gasteiger partial charge in [-0.2, -0.15) is 0 Å². The molecule has 4 nitrogen and oxygen atoms in total. The van der Waals surface area contributed by atoms with Crippen molar-refractivity contribution in [3.8, 4) is 0 Å². The summed E-state index contributed by atoms with van der Waals surface area (Å²) in [4.78, 5) is 16.3. The number of carbonyl (C=O) groups excluding carboxylic acids is 1. The molecule has 0 aromatic carbocycles. The minimum absolute atomic E-state index is 0.191. The van der Waals surface area contributed by atoms with Gasteiger partial charge in [0, 0.05) is 32.8 Å². The molecule has 0 N–H and O–H groups in total. The Kier molecular flexibility index (Phi) is 6.34. The second-order valence-electron chi connectivity index (χ2n) is 4.77. The molecule has 0 radical (unpaired) electrons. The highest BCUT2D eigenvalue weighted by atomic mass is 16.5. The summed E-state index contributed by atoms with van der Waals surface area (Å²) >= 11 is 0. The summed E-state index contributed by atoms with van der Waals surface area (Å²) in [7, 11) is 1.68. The maximum atomic E-state index is 12.4. The lowest BCUT2D eigenvalue weighted by atomic mass is 10.1. The van der Waals surface area contributed by atoms with Crippen molar-refractivity contribution >= 4 is 6.03 Å². The maximum absolute atomic E-state index is 12.4. The van der Waals surface area contributed by atoms with Crippen molar-refractivity contribution in [3.05, 3.63) is 0 Å². The van der Waals surface area contributed by atoms with Crippen LogP contribution in [0.25, 0.3) is 0 Å². The van der Waals surface area contributed by atoms with E-state index in [4.69, 9.17) is 4.74 Å². The van der Waals surface area contributed by atoms with E-state index in [1.807, 2.05) is 9.80 Å². The molecule has 100 valence electrons. The third kappa shape index (κ3) is 4.19. The number of piperidine rings is 1. The van der Waals surface area contributed by atoms with Crippen molar-refractivity contribution in [1.82, 2.24) is 9.80 Å². The average molecular weight is 242 g/mol. The molecule has 0 aromatic heterocycles. The van der Waals surface area contributed by atoms with Crippen LogP contribution in [-0.4, -0.2) is 55.2 Å². The van der Waals surface area contributed by atoms with Gasteiger partial charge in [0.1, 0.15) is 0 Å². The molecule has 1 heterocycles. The molecular formula is C13H26N2O2. The molecule has 0 saturated carbocycles. The van der Waals surface area contributed by atoms with Crippen LogP contribution in [0.5, 0.6) is 0 Å². The summed E-state index contributed by atoms with van der Waals surface area (Å²) in [5.74, 6) is 0. The second-order valence-corrected chi connectivity index (χ2v) is 4.77. The monoisotopic (exact) mass is 242 g/mol. The van der Waals surface area contributed by atoms with Gasteiger partial charge >= 0.3 is 6.03 Å². The molecule has 1 fully saturated rings. The van der Waals surface area contributed by atoms with Gasteiger partial charge in [0.05, 0.1) is 6.61 Å². The van der Waals surface area contributed by atoms with E-state index in [-0.39, 0.29) is 6.03 Å². The third-order valence-electron chi connectivity index (χ3n) is 3.53. The Labute approximate surface area is 105 Å². The molecule has 1 rings (SSSR count).